The third kappa shape index (κ3) is 4.36. The van der Waals surface area contributed by atoms with Crippen molar-refractivity contribution >= 4 is 17.2 Å². The molecule has 0 bridgehead atoms. The van der Waals surface area contributed by atoms with Gasteiger partial charge in [0.2, 0.25) is 0 Å². The first-order chi connectivity index (χ1) is 10.1. The van der Waals surface area contributed by atoms with Crippen molar-refractivity contribution in [3.8, 4) is 0 Å². The first kappa shape index (κ1) is 15.6. The fourth-order valence-electron chi connectivity index (χ4n) is 1.94. The number of nitrogens with one attached hydrogen (secondary N) is 1. The summed E-state index contributed by atoms with van der Waals surface area (Å²) in [6.45, 7) is 5.96. The Bertz CT molecular complexity index is 595. The number of amides is 1. The maximum absolute atomic E-state index is 12.2. The SMILES string of the molecule is CCC(C)NC(=O)c1sc(CCc2ccccn2)nc1C. The van der Waals surface area contributed by atoms with Crippen molar-refractivity contribution < 1.29 is 4.79 Å². The lowest BCUT2D eigenvalue weighted by Gasteiger charge is -2.09. The molecule has 1 unspecified atom stereocenters. The standard InChI is InChI=1S/C16H21N3OS/c1-4-11(2)18-16(20)15-12(3)19-14(21-15)9-8-13-7-5-6-10-17-13/h5-7,10-11H,4,8-9H2,1-3H3,(H,18,20). The Hall–Kier alpha value is -1.75. The lowest BCUT2D eigenvalue weighted by molar-refractivity contribution is 0.0942. The van der Waals surface area contributed by atoms with Crippen LogP contribution >= 0.6 is 11.3 Å². The van der Waals surface area contributed by atoms with Crippen LogP contribution in [0, 0.1) is 6.92 Å². The number of pyridine rings is 1. The van der Waals surface area contributed by atoms with E-state index in [1.165, 1.54) is 11.3 Å². The van der Waals surface area contributed by atoms with Crippen molar-refractivity contribution in [1.29, 1.82) is 0 Å². The minimum absolute atomic E-state index is 0.0107. The van der Waals surface area contributed by atoms with Crippen LogP contribution < -0.4 is 5.32 Å². The van der Waals surface area contributed by atoms with Crippen LogP contribution in [-0.2, 0) is 12.8 Å². The van der Waals surface area contributed by atoms with Crippen molar-refractivity contribution in [2.24, 2.45) is 0 Å². The lowest BCUT2D eigenvalue weighted by Crippen LogP contribution is -2.31. The van der Waals surface area contributed by atoms with Gasteiger partial charge in [0.1, 0.15) is 4.88 Å². The molecule has 2 rings (SSSR count). The molecule has 2 heterocycles. The molecule has 0 radical (unpaired) electrons. The zero-order valence-electron chi connectivity index (χ0n) is 12.7. The van der Waals surface area contributed by atoms with Crippen LogP contribution in [0.2, 0.25) is 0 Å². The minimum Gasteiger partial charge on any atom is -0.349 e. The molecular weight excluding hydrogens is 282 g/mol. The molecule has 21 heavy (non-hydrogen) atoms. The highest BCUT2D eigenvalue weighted by molar-refractivity contribution is 7.13. The zero-order valence-corrected chi connectivity index (χ0v) is 13.5. The number of carbonyl (C=O) groups is 1. The van der Waals surface area contributed by atoms with E-state index in [2.05, 4.69) is 22.2 Å². The molecule has 0 saturated heterocycles. The summed E-state index contributed by atoms with van der Waals surface area (Å²) in [6.07, 6.45) is 4.39. The van der Waals surface area contributed by atoms with Crippen molar-refractivity contribution in [1.82, 2.24) is 15.3 Å². The summed E-state index contributed by atoms with van der Waals surface area (Å²) in [5, 5.41) is 3.99. The molecule has 1 amide bonds. The molecule has 5 heteroatoms. The van der Waals surface area contributed by atoms with Gasteiger partial charge in [0.05, 0.1) is 10.7 Å². The topological polar surface area (TPSA) is 54.9 Å². The third-order valence-electron chi connectivity index (χ3n) is 3.36. The monoisotopic (exact) mass is 303 g/mol. The average Bonchev–Trinajstić information content (AvgIpc) is 2.87. The highest BCUT2D eigenvalue weighted by atomic mass is 32.1. The Kier molecular flexibility index (Phi) is 5.44. The summed E-state index contributed by atoms with van der Waals surface area (Å²) in [7, 11) is 0. The van der Waals surface area contributed by atoms with E-state index >= 15 is 0 Å². The van der Waals surface area contributed by atoms with Crippen molar-refractivity contribution in [2.45, 2.75) is 46.1 Å². The maximum atomic E-state index is 12.2. The predicted molar refractivity (Wildman–Crippen MR) is 85.7 cm³/mol. The number of nitrogens with zero attached hydrogens (tertiary/aromatic N) is 2. The van der Waals surface area contributed by atoms with Crippen molar-refractivity contribution in [3.63, 3.8) is 0 Å². The Morgan fingerprint density at radius 1 is 1.38 bits per heavy atom. The van der Waals surface area contributed by atoms with Crippen molar-refractivity contribution in [2.75, 3.05) is 0 Å². The van der Waals surface area contributed by atoms with Gasteiger partial charge in [0, 0.05) is 24.4 Å². The second kappa shape index (κ2) is 7.31. The molecule has 0 aliphatic heterocycles. The van der Waals surface area contributed by atoms with Crippen molar-refractivity contribution in [3.05, 3.63) is 45.7 Å². The molecule has 0 aliphatic rings. The first-order valence-electron chi connectivity index (χ1n) is 7.27. The molecule has 0 saturated carbocycles. The molecule has 0 aromatic carbocycles. The number of aryl methyl sites for hydroxylation is 3. The molecule has 0 aliphatic carbocycles. The molecule has 4 nitrogen and oxygen atoms in total. The average molecular weight is 303 g/mol. The van der Waals surface area contributed by atoms with Gasteiger partial charge in [-0.25, -0.2) is 4.98 Å². The Balaban J connectivity index is 2.00. The smallest absolute Gasteiger partial charge is 0.263 e. The van der Waals surface area contributed by atoms with Crippen LogP contribution in [0.5, 0.6) is 0 Å². The zero-order chi connectivity index (χ0) is 15.2. The summed E-state index contributed by atoms with van der Waals surface area (Å²) >= 11 is 1.49. The third-order valence-corrected chi connectivity index (χ3v) is 4.57. The first-order valence-corrected chi connectivity index (χ1v) is 8.09. The van der Waals surface area contributed by atoms with E-state index in [0.717, 1.165) is 40.5 Å². The second-order valence-corrected chi connectivity index (χ2v) is 6.21. The van der Waals surface area contributed by atoms with Crippen LogP contribution in [-0.4, -0.2) is 21.9 Å². The van der Waals surface area contributed by atoms with Crippen LogP contribution in [0.4, 0.5) is 0 Å². The predicted octanol–water partition coefficient (Wildman–Crippen LogP) is 3.16. The Morgan fingerprint density at radius 3 is 2.86 bits per heavy atom. The molecule has 0 fully saturated rings. The van der Waals surface area contributed by atoms with E-state index < -0.39 is 0 Å². The molecule has 1 N–H and O–H groups in total. The number of carbonyl (C=O) groups excluding carboxylic acids is 1. The van der Waals surface area contributed by atoms with Gasteiger partial charge in [-0.1, -0.05) is 13.0 Å². The van der Waals surface area contributed by atoms with Gasteiger partial charge in [0.25, 0.3) is 5.91 Å². The highest BCUT2D eigenvalue weighted by Gasteiger charge is 2.16. The van der Waals surface area contributed by atoms with Gasteiger partial charge in [-0.3, -0.25) is 9.78 Å². The summed E-state index contributed by atoms with van der Waals surface area (Å²) in [5.74, 6) is -0.0107. The second-order valence-electron chi connectivity index (χ2n) is 5.13. The fourth-order valence-corrected chi connectivity index (χ4v) is 2.91. The molecule has 112 valence electrons. The quantitative estimate of drug-likeness (QED) is 0.892. The number of aromatic nitrogens is 2. The van der Waals surface area contributed by atoms with Gasteiger partial charge in [-0.05, 0) is 38.8 Å². The van der Waals surface area contributed by atoms with Crippen LogP contribution in [0.1, 0.15) is 46.3 Å². The van der Waals surface area contributed by atoms with Gasteiger partial charge in [0.15, 0.2) is 0 Å². The van der Waals surface area contributed by atoms with E-state index in [-0.39, 0.29) is 11.9 Å². The number of hydrogen-bond donors (Lipinski definition) is 1. The summed E-state index contributed by atoms with van der Waals surface area (Å²) in [4.78, 5) is 21.7. The summed E-state index contributed by atoms with van der Waals surface area (Å²) < 4.78 is 0. The van der Waals surface area contributed by atoms with Crippen LogP contribution in [0.3, 0.4) is 0 Å². The van der Waals surface area contributed by atoms with Crippen LogP contribution in [0.25, 0.3) is 0 Å². The normalized spacial score (nSPS) is 12.1. The Labute approximate surface area is 129 Å². The fraction of sp³-hybridized carbons (Fsp3) is 0.438. The van der Waals surface area contributed by atoms with E-state index in [1.54, 1.807) is 6.20 Å². The van der Waals surface area contributed by atoms with Gasteiger partial charge in [-0.2, -0.15) is 0 Å². The van der Waals surface area contributed by atoms with E-state index in [9.17, 15) is 4.79 Å². The molecule has 0 spiro atoms. The van der Waals surface area contributed by atoms with E-state index in [1.807, 2.05) is 32.0 Å². The molecule has 2 aromatic heterocycles. The Morgan fingerprint density at radius 2 is 2.19 bits per heavy atom. The van der Waals surface area contributed by atoms with Gasteiger partial charge >= 0.3 is 0 Å². The van der Waals surface area contributed by atoms with Gasteiger partial charge < -0.3 is 5.32 Å². The highest BCUT2D eigenvalue weighted by Crippen LogP contribution is 2.19. The molecule has 2 aromatic rings. The largest absolute Gasteiger partial charge is 0.349 e. The number of rotatable bonds is 6. The van der Waals surface area contributed by atoms with Gasteiger partial charge in [-0.15, -0.1) is 11.3 Å². The molecule has 1 atom stereocenters. The lowest BCUT2D eigenvalue weighted by atomic mass is 10.2. The minimum atomic E-state index is -0.0107. The van der Waals surface area contributed by atoms with E-state index in [0.29, 0.717) is 0 Å². The maximum Gasteiger partial charge on any atom is 0.263 e. The van der Waals surface area contributed by atoms with Crippen LogP contribution in [0.15, 0.2) is 24.4 Å². The number of thiazole rings is 1. The number of hydrogen-bond acceptors (Lipinski definition) is 4. The molecular formula is C16H21N3OS. The van der Waals surface area contributed by atoms with E-state index in [4.69, 9.17) is 0 Å². The summed E-state index contributed by atoms with van der Waals surface area (Å²) in [5.41, 5.74) is 1.87. The summed E-state index contributed by atoms with van der Waals surface area (Å²) in [6, 6.07) is 6.10.